The van der Waals surface area contributed by atoms with Crippen LogP contribution in [0.15, 0.2) is 40.9 Å². The van der Waals surface area contributed by atoms with Gasteiger partial charge in [0.15, 0.2) is 0 Å². The Kier molecular flexibility index (Phi) is 6.17. The number of hydrogen-bond acceptors (Lipinski definition) is 7. The quantitative estimate of drug-likeness (QED) is 0.442. The fraction of sp³-hybridized carbons (Fsp3) is 0.353. The summed E-state index contributed by atoms with van der Waals surface area (Å²) in [6.45, 7) is 5.03. The molecule has 10 heteroatoms. The van der Waals surface area contributed by atoms with Crippen LogP contribution in [0.4, 0.5) is 5.69 Å². The van der Waals surface area contributed by atoms with Crippen LogP contribution in [0.5, 0.6) is 0 Å². The van der Waals surface area contributed by atoms with Crippen LogP contribution >= 0.6 is 11.6 Å². The molecule has 0 aliphatic carbocycles. The number of nitrogens with zero attached hydrogens (tertiary/aromatic N) is 2. The Balaban J connectivity index is 2.72. The van der Waals surface area contributed by atoms with Gasteiger partial charge in [0, 0.05) is 22.9 Å². The lowest BCUT2D eigenvalue weighted by Crippen LogP contribution is -2.32. The van der Waals surface area contributed by atoms with Gasteiger partial charge in [0.25, 0.3) is 11.4 Å². The number of hydrogen-bond donors (Lipinski definition) is 1. The van der Waals surface area contributed by atoms with E-state index in [4.69, 9.17) is 16.3 Å². The van der Waals surface area contributed by atoms with E-state index in [-0.39, 0.29) is 39.8 Å². The van der Waals surface area contributed by atoms with Gasteiger partial charge in [-0.3, -0.25) is 20.2 Å². The first-order valence-electron chi connectivity index (χ1n) is 8.12. The predicted molar refractivity (Wildman–Crippen MR) is 97.6 cm³/mol. The Bertz CT molecular complexity index is 877. The van der Waals surface area contributed by atoms with Crippen LogP contribution in [0.1, 0.15) is 38.7 Å². The Hall–Kier alpha value is -2.94. The van der Waals surface area contributed by atoms with Gasteiger partial charge in [-0.15, -0.1) is 0 Å². The fourth-order valence-electron chi connectivity index (χ4n) is 2.94. The number of carbonyl (C=O) groups excluding carboxylic acids is 1. The molecule has 144 valence electrons. The number of nitro benzene ring substituents is 1. The summed E-state index contributed by atoms with van der Waals surface area (Å²) in [5.41, 5.74) is 0.0897. The van der Waals surface area contributed by atoms with Crippen molar-refractivity contribution in [2.45, 2.75) is 33.1 Å². The zero-order chi connectivity index (χ0) is 20.3. The Morgan fingerprint density at radius 3 is 2.44 bits per heavy atom. The number of benzene rings is 1. The molecule has 0 amide bonds. The summed E-state index contributed by atoms with van der Waals surface area (Å²) in [7, 11) is 0. The van der Waals surface area contributed by atoms with Gasteiger partial charge in [0.05, 0.1) is 27.7 Å². The van der Waals surface area contributed by atoms with E-state index in [0.29, 0.717) is 12.1 Å². The Labute approximate surface area is 159 Å². The van der Waals surface area contributed by atoms with Gasteiger partial charge in [-0.2, -0.15) is 0 Å². The van der Waals surface area contributed by atoms with E-state index in [1.165, 1.54) is 19.1 Å². The maximum Gasteiger partial charge on any atom is 0.336 e. The lowest BCUT2D eigenvalue weighted by molar-refractivity contribution is -0.431. The van der Waals surface area contributed by atoms with Gasteiger partial charge in [-0.05, 0) is 31.9 Å². The van der Waals surface area contributed by atoms with E-state index in [9.17, 15) is 25.0 Å². The molecule has 1 aromatic carbocycles. The minimum atomic E-state index is -1.20. The largest absolute Gasteiger partial charge is 0.462 e. The number of allylic oxidation sites excluding steroid dienone is 3. The highest BCUT2D eigenvalue weighted by atomic mass is 35.5. The molecule has 0 saturated carbocycles. The lowest BCUT2D eigenvalue weighted by Gasteiger charge is -2.26. The molecule has 0 bridgehead atoms. The number of ether oxygens (including phenoxy) is 1. The number of nitrogens with one attached hydrogen (secondary N) is 1. The summed E-state index contributed by atoms with van der Waals surface area (Å²) in [5, 5.41) is 25.8. The van der Waals surface area contributed by atoms with Crippen molar-refractivity contribution in [1.82, 2.24) is 5.32 Å². The molecule has 1 aliphatic heterocycles. The smallest absolute Gasteiger partial charge is 0.336 e. The highest BCUT2D eigenvalue weighted by molar-refractivity contribution is 6.31. The molecule has 9 nitrogen and oxygen atoms in total. The number of nitro groups is 2. The van der Waals surface area contributed by atoms with E-state index in [2.05, 4.69) is 5.32 Å². The monoisotopic (exact) mass is 395 g/mol. The third-order valence-electron chi connectivity index (χ3n) is 4.08. The van der Waals surface area contributed by atoms with Crippen molar-refractivity contribution in [2.75, 3.05) is 6.61 Å². The zero-order valence-electron chi connectivity index (χ0n) is 14.9. The van der Waals surface area contributed by atoms with Crippen molar-refractivity contribution in [3.05, 3.63) is 71.7 Å². The van der Waals surface area contributed by atoms with Gasteiger partial charge in [0.1, 0.15) is 5.92 Å². The Morgan fingerprint density at radius 2 is 1.89 bits per heavy atom. The molecule has 1 unspecified atom stereocenters. The topological polar surface area (TPSA) is 125 Å². The molecule has 1 heterocycles. The molecular weight excluding hydrogens is 378 g/mol. The van der Waals surface area contributed by atoms with E-state index < -0.39 is 21.7 Å². The summed E-state index contributed by atoms with van der Waals surface area (Å²) in [5.74, 6) is -1.93. The van der Waals surface area contributed by atoms with Crippen molar-refractivity contribution in [3.63, 3.8) is 0 Å². The average molecular weight is 396 g/mol. The molecule has 1 N–H and O–H groups in total. The summed E-state index contributed by atoms with van der Waals surface area (Å²) >= 11 is 6.21. The Morgan fingerprint density at radius 1 is 1.22 bits per heavy atom. The molecule has 0 fully saturated rings. The van der Waals surface area contributed by atoms with E-state index in [1.54, 1.807) is 6.92 Å². The average Bonchev–Trinajstić information content (AvgIpc) is 2.58. The maximum atomic E-state index is 12.6. The lowest BCUT2D eigenvalue weighted by atomic mass is 9.84. The minimum Gasteiger partial charge on any atom is -0.462 e. The van der Waals surface area contributed by atoms with Gasteiger partial charge in [-0.25, -0.2) is 4.79 Å². The van der Waals surface area contributed by atoms with Crippen molar-refractivity contribution in [2.24, 2.45) is 0 Å². The molecular formula is C17H18ClN3O6. The summed E-state index contributed by atoms with van der Waals surface area (Å²) in [4.78, 5) is 34.2. The van der Waals surface area contributed by atoms with Crippen LogP contribution in [0.2, 0.25) is 5.02 Å². The number of rotatable bonds is 6. The summed E-state index contributed by atoms with van der Waals surface area (Å²) in [6, 6.07) is 3.63. The van der Waals surface area contributed by atoms with Gasteiger partial charge in [0.2, 0.25) is 0 Å². The summed E-state index contributed by atoms with van der Waals surface area (Å²) in [6.07, 6.45) is 0.574. The van der Waals surface area contributed by atoms with Gasteiger partial charge < -0.3 is 10.1 Å². The SMILES string of the molecule is CCCOC(=O)C1=C(C)NC(C)=C([N+](=O)[O-])C1c1cc([N+](=O)[O-])ccc1Cl. The second-order valence-corrected chi connectivity index (χ2v) is 6.37. The molecule has 1 aromatic rings. The third kappa shape index (κ3) is 4.08. The molecule has 0 radical (unpaired) electrons. The van der Waals surface area contributed by atoms with Gasteiger partial charge in [-0.1, -0.05) is 18.5 Å². The molecule has 1 atom stereocenters. The van der Waals surface area contributed by atoms with Crippen LogP contribution in [0.25, 0.3) is 0 Å². The minimum absolute atomic E-state index is 0.00291. The summed E-state index contributed by atoms with van der Waals surface area (Å²) < 4.78 is 5.17. The van der Waals surface area contributed by atoms with Crippen molar-refractivity contribution >= 4 is 23.3 Å². The first-order chi connectivity index (χ1) is 12.7. The van der Waals surface area contributed by atoms with Crippen LogP contribution in [-0.2, 0) is 9.53 Å². The van der Waals surface area contributed by atoms with Crippen LogP contribution < -0.4 is 5.32 Å². The number of halogens is 1. The highest BCUT2D eigenvalue weighted by Crippen LogP contribution is 2.42. The van der Waals surface area contributed by atoms with Crippen LogP contribution in [0, 0.1) is 20.2 Å². The second-order valence-electron chi connectivity index (χ2n) is 5.96. The van der Waals surface area contributed by atoms with Crippen LogP contribution in [-0.4, -0.2) is 22.4 Å². The predicted octanol–water partition coefficient (Wildman–Crippen LogP) is 3.67. The van der Waals surface area contributed by atoms with Crippen molar-refractivity contribution in [3.8, 4) is 0 Å². The first kappa shape index (κ1) is 20.4. The molecule has 27 heavy (non-hydrogen) atoms. The first-order valence-corrected chi connectivity index (χ1v) is 8.50. The van der Waals surface area contributed by atoms with E-state index >= 15 is 0 Å². The normalized spacial score (nSPS) is 16.8. The van der Waals surface area contributed by atoms with E-state index in [0.717, 1.165) is 6.07 Å². The molecule has 0 spiro atoms. The number of carbonyl (C=O) groups is 1. The van der Waals surface area contributed by atoms with Gasteiger partial charge >= 0.3 is 5.97 Å². The van der Waals surface area contributed by atoms with Crippen molar-refractivity contribution < 1.29 is 19.4 Å². The number of dihydropyridines is 1. The number of esters is 1. The maximum absolute atomic E-state index is 12.6. The molecule has 2 rings (SSSR count). The standard InChI is InChI=1S/C17H18ClN3O6/c1-4-7-27-17(22)14-9(2)19-10(3)16(21(25)26)15(14)12-8-11(20(23)24)5-6-13(12)18/h5-6,8,15,19H,4,7H2,1-3H3. The zero-order valence-corrected chi connectivity index (χ0v) is 15.7. The number of non-ortho nitro benzene ring substituents is 1. The fourth-order valence-corrected chi connectivity index (χ4v) is 3.16. The molecule has 0 aromatic heterocycles. The third-order valence-corrected chi connectivity index (χ3v) is 4.42. The molecule has 1 aliphatic rings. The second kappa shape index (κ2) is 8.17. The van der Waals surface area contributed by atoms with E-state index in [1.807, 2.05) is 6.92 Å². The highest BCUT2D eigenvalue weighted by Gasteiger charge is 2.42. The van der Waals surface area contributed by atoms with Crippen molar-refractivity contribution in [1.29, 1.82) is 0 Å². The van der Waals surface area contributed by atoms with Crippen LogP contribution in [0.3, 0.4) is 0 Å². The molecule has 0 saturated heterocycles.